The number of aliphatic hydroxyl groups excluding tert-OH is 1. The van der Waals surface area contributed by atoms with Crippen molar-refractivity contribution in [2.45, 2.75) is 46.7 Å². The second kappa shape index (κ2) is 6.87. The van der Waals surface area contributed by atoms with Gasteiger partial charge in [0.15, 0.2) is 0 Å². The highest BCUT2D eigenvalue weighted by atomic mass is 16.5. The lowest BCUT2D eigenvalue weighted by Crippen LogP contribution is -2.40. The van der Waals surface area contributed by atoms with Crippen LogP contribution in [0.1, 0.15) is 38.6 Å². The third kappa shape index (κ3) is 5.17. The number of aromatic nitrogens is 1. The molecule has 0 amide bonds. The molecule has 1 atom stereocenters. The number of hydrogen-bond acceptors (Lipinski definition) is 4. The average molecular weight is 266 g/mol. The zero-order chi connectivity index (χ0) is 14.5. The van der Waals surface area contributed by atoms with Crippen molar-refractivity contribution in [1.29, 1.82) is 0 Å². The Hall–Kier alpha value is -1.13. The lowest BCUT2D eigenvalue weighted by atomic mass is 9.85. The van der Waals surface area contributed by atoms with Gasteiger partial charge in [0.05, 0.1) is 12.8 Å². The van der Waals surface area contributed by atoms with Crippen molar-refractivity contribution in [3.05, 3.63) is 23.5 Å². The fourth-order valence-electron chi connectivity index (χ4n) is 2.11. The van der Waals surface area contributed by atoms with Crippen LogP contribution in [0, 0.1) is 12.3 Å². The molecule has 4 nitrogen and oxygen atoms in total. The molecule has 108 valence electrons. The minimum absolute atomic E-state index is 0.108. The molecule has 0 aliphatic carbocycles. The Labute approximate surface area is 116 Å². The Morgan fingerprint density at radius 3 is 2.58 bits per heavy atom. The first-order valence-corrected chi connectivity index (χ1v) is 6.72. The van der Waals surface area contributed by atoms with E-state index in [9.17, 15) is 0 Å². The minimum atomic E-state index is 0.108. The quantitative estimate of drug-likeness (QED) is 0.829. The lowest BCUT2D eigenvalue weighted by molar-refractivity contribution is 0.196. The van der Waals surface area contributed by atoms with Crippen LogP contribution in [0.25, 0.3) is 0 Å². The number of ether oxygens (including phenoxy) is 1. The van der Waals surface area contributed by atoms with E-state index in [0.717, 1.165) is 23.6 Å². The van der Waals surface area contributed by atoms with Crippen molar-refractivity contribution < 1.29 is 9.84 Å². The van der Waals surface area contributed by atoms with E-state index in [2.05, 4.69) is 31.1 Å². The van der Waals surface area contributed by atoms with Crippen LogP contribution in [0.3, 0.4) is 0 Å². The molecule has 0 aliphatic heterocycles. The van der Waals surface area contributed by atoms with Crippen molar-refractivity contribution in [3.8, 4) is 5.75 Å². The maximum absolute atomic E-state index is 9.15. The van der Waals surface area contributed by atoms with Crippen LogP contribution in [-0.2, 0) is 6.54 Å². The van der Waals surface area contributed by atoms with Gasteiger partial charge in [0, 0.05) is 37.0 Å². The smallest absolute Gasteiger partial charge is 0.122 e. The molecule has 1 aromatic rings. The Morgan fingerprint density at radius 2 is 2.05 bits per heavy atom. The Morgan fingerprint density at radius 1 is 1.37 bits per heavy atom. The molecule has 1 aromatic heterocycles. The number of methoxy groups -OCH3 is 1. The second-order valence-electron chi connectivity index (χ2n) is 5.95. The normalized spacial score (nSPS) is 13.4. The summed E-state index contributed by atoms with van der Waals surface area (Å²) in [6.07, 6.45) is 0.743. The van der Waals surface area contributed by atoms with E-state index in [0.29, 0.717) is 6.54 Å². The summed E-state index contributed by atoms with van der Waals surface area (Å²) in [6, 6.07) is 4.11. The number of nitrogens with one attached hydrogen (secondary N) is 1. The van der Waals surface area contributed by atoms with Gasteiger partial charge in [0.2, 0.25) is 0 Å². The monoisotopic (exact) mass is 266 g/mol. The third-order valence-corrected chi connectivity index (χ3v) is 3.21. The van der Waals surface area contributed by atoms with Gasteiger partial charge in [-0.25, -0.2) is 0 Å². The molecule has 2 N–H and O–H groups in total. The fraction of sp³-hybridized carbons (Fsp3) is 0.667. The molecule has 0 aromatic carbocycles. The van der Waals surface area contributed by atoms with E-state index in [1.165, 1.54) is 0 Å². The van der Waals surface area contributed by atoms with Gasteiger partial charge in [0.25, 0.3) is 0 Å². The predicted octanol–water partition coefficient (Wildman–Crippen LogP) is 2.29. The fourth-order valence-corrected chi connectivity index (χ4v) is 2.11. The minimum Gasteiger partial charge on any atom is -0.497 e. The molecule has 0 bridgehead atoms. The van der Waals surface area contributed by atoms with Gasteiger partial charge in [-0.15, -0.1) is 0 Å². The Balaban J connectivity index is 2.71. The largest absolute Gasteiger partial charge is 0.497 e. The van der Waals surface area contributed by atoms with E-state index in [1.807, 2.05) is 19.1 Å². The number of hydrogen-bond donors (Lipinski definition) is 2. The standard InChI is InChI=1S/C15H26N2O2/c1-11-8-13(19-5)9-12(17-11)10-16-14(6-7-18)15(2,3)4/h8-9,14,16,18H,6-7,10H2,1-5H3. The summed E-state index contributed by atoms with van der Waals surface area (Å²) in [4.78, 5) is 4.49. The van der Waals surface area contributed by atoms with Crippen LogP contribution in [0.2, 0.25) is 0 Å². The maximum Gasteiger partial charge on any atom is 0.122 e. The van der Waals surface area contributed by atoms with Crippen molar-refractivity contribution in [1.82, 2.24) is 10.3 Å². The summed E-state index contributed by atoms with van der Waals surface area (Å²) < 4.78 is 5.25. The average Bonchev–Trinajstić information content (AvgIpc) is 2.32. The summed E-state index contributed by atoms with van der Waals surface area (Å²) in [5.41, 5.74) is 2.02. The number of nitrogens with zero attached hydrogens (tertiary/aromatic N) is 1. The molecule has 19 heavy (non-hydrogen) atoms. The van der Waals surface area contributed by atoms with Crippen LogP contribution >= 0.6 is 0 Å². The maximum atomic E-state index is 9.15. The SMILES string of the molecule is COc1cc(C)nc(CNC(CCO)C(C)(C)C)c1. The molecule has 0 saturated heterocycles. The van der Waals surface area contributed by atoms with Gasteiger partial charge in [-0.05, 0) is 18.8 Å². The van der Waals surface area contributed by atoms with Gasteiger partial charge in [-0.2, -0.15) is 0 Å². The van der Waals surface area contributed by atoms with Crippen molar-refractivity contribution >= 4 is 0 Å². The van der Waals surface area contributed by atoms with Gasteiger partial charge in [-0.1, -0.05) is 20.8 Å². The summed E-state index contributed by atoms with van der Waals surface area (Å²) >= 11 is 0. The van der Waals surface area contributed by atoms with Crippen LogP contribution in [0.5, 0.6) is 5.75 Å². The van der Waals surface area contributed by atoms with Gasteiger partial charge < -0.3 is 15.2 Å². The number of rotatable bonds is 6. The summed E-state index contributed by atoms with van der Waals surface area (Å²) in [6.45, 7) is 9.35. The Bertz CT molecular complexity index is 400. The van der Waals surface area contributed by atoms with Crippen LogP contribution < -0.4 is 10.1 Å². The van der Waals surface area contributed by atoms with E-state index in [-0.39, 0.29) is 18.1 Å². The summed E-state index contributed by atoms with van der Waals surface area (Å²) in [5, 5.41) is 12.6. The topological polar surface area (TPSA) is 54.4 Å². The first-order chi connectivity index (χ1) is 8.86. The number of aryl methyl sites for hydroxylation is 1. The van der Waals surface area contributed by atoms with E-state index >= 15 is 0 Å². The van der Waals surface area contributed by atoms with Crippen LogP contribution in [0.4, 0.5) is 0 Å². The van der Waals surface area contributed by atoms with Crippen LogP contribution in [-0.4, -0.2) is 29.8 Å². The van der Waals surface area contributed by atoms with Gasteiger partial charge in [-0.3, -0.25) is 4.98 Å². The van der Waals surface area contributed by atoms with Gasteiger partial charge >= 0.3 is 0 Å². The Kier molecular flexibility index (Phi) is 5.76. The molecule has 0 aliphatic rings. The van der Waals surface area contributed by atoms with Crippen molar-refractivity contribution in [2.75, 3.05) is 13.7 Å². The van der Waals surface area contributed by atoms with E-state index in [1.54, 1.807) is 7.11 Å². The van der Waals surface area contributed by atoms with E-state index < -0.39 is 0 Å². The zero-order valence-corrected chi connectivity index (χ0v) is 12.7. The first kappa shape index (κ1) is 15.9. The highest BCUT2D eigenvalue weighted by molar-refractivity contribution is 5.26. The predicted molar refractivity (Wildman–Crippen MR) is 77.3 cm³/mol. The summed E-state index contributed by atoms with van der Waals surface area (Å²) in [7, 11) is 1.66. The molecular formula is C15H26N2O2. The first-order valence-electron chi connectivity index (χ1n) is 6.72. The molecule has 0 radical (unpaired) electrons. The zero-order valence-electron chi connectivity index (χ0n) is 12.7. The third-order valence-electron chi connectivity index (χ3n) is 3.21. The lowest BCUT2D eigenvalue weighted by Gasteiger charge is -2.31. The van der Waals surface area contributed by atoms with Crippen molar-refractivity contribution in [3.63, 3.8) is 0 Å². The molecule has 0 fully saturated rings. The number of pyridine rings is 1. The second-order valence-corrected chi connectivity index (χ2v) is 5.95. The summed E-state index contributed by atoms with van der Waals surface area (Å²) in [5.74, 6) is 0.832. The van der Waals surface area contributed by atoms with Crippen LogP contribution in [0.15, 0.2) is 12.1 Å². The molecule has 4 heteroatoms. The molecule has 0 saturated carbocycles. The van der Waals surface area contributed by atoms with Crippen molar-refractivity contribution in [2.24, 2.45) is 5.41 Å². The number of aliphatic hydroxyl groups is 1. The highest BCUT2D eigenvalue weighted by Crippen LogP contribution is 2.22. The van der Waals surface area contributed by atoms with E-state index in [4.69, 9.17) is 9.84 Å². The molecule has 0 spiro atoms. The molecule has 1 heterocycles. The molecule has 1 unspecified atom stereocenters. The molecular weight excluding hydrogens is 240 g/mol. The van der Waals surface area contributed by atoms with Gasteiger partial charge in [0.1, 0.15) is 5.75 Å². The highest BCUT2D eigenvalue weighted by Gasteiger charge is 2.23. The molecule has 1 rings (SSSR count).